The number of fused-ring (bicyclic) bond motifs is 1. The molecule has 164 valence electrons. The summed E-state index contributed by atoms with van der Waals surface area (Å²) in [7, 11) is -3.87. The van der Waals surface area contributed by atoms with Crippen LogP contribution in [0.5, 0.6) is 5.75 Å². The van der Waals surface area contributed by atoms with Crippen LogP contribution in [0.3, 0.4) is 0 Å². The average molecular weight is 436 g/mol. The van der Waals surface area contributed by atoms with Gasteiger partial charge in [-0.3, -0.25) is 9.59 Å². The van der Waals surface area contributed by atoms with E-state index in [9.17, 15) is 18.0 Å². The maximum absolute atomic E-state index is 13.3. The molecule has 0 radical (unpaired) electrons. The topological polar surface area (TPSA) is 105 Å². The molecule has 0 bridgehead atoms. The maximum Gasteiger partial charge on any atom is 0.262 e. The zero-order chi connectivity index (χ0) is 21.1. The molecule has 2 amide bonds. The van der Waals surface area contributed by atoms with Crippen LogP contribution < -0.4 is 15.4 Å². The van der Waals surface area contributed by atoms with Gasteiger partial charge in [-0.05, 0) is 43.9 Å². The van der Waals surface area contributed by atoms with E-state index in [0.717, 1.165) is 25.7 Å². The van der Waals surface area contributed by atoms with Crippen LogP contribution in [0.15, 0.2) is 23.1 Å². The normalized spacial score (nSPS) is 23.6. The van der Waals surface area contributed by atoms with E-state index in [1.54, 1.807) is 6.07 Å². The molecule has 2 heterocycles. The van der Waals surface area contributed by atoms with Crippen molar-refractivity contribution in [3.8, 4) is 5.75 Å². The third-order valence-electron chi connectivity index (χ3n) is 6.15. The summed E-state index contributed by atoms with van der Waals surface area (Å²) in [6.07, 6.45) is 8.90. The van der Waals surface area contributed by atoms with Crippen molar-refractivity contribution in [2.45, 2.75) is 74.8 Å². The monoisotopic (exact) mass is 435 g/mol. The predicted octanol–water partition coefficient (Wildman–Crippen LogP) is 2.40. The minimum Gasteiger partial charge on any atom is -0.482 e. The Morgan fingerprint density at radius 3 is 2.57 bits per heavy atom. The molecule has 30 heavy (non-hydrogen) atoms. The third-order valence-corrected chi connectivity index (χ3v) is 8.05. The molecule has 1 aromatic rings. The fraction of sp³-hybridized carbons (Fsp3) is 0.619. The number of hydrogen-bond donors (Lipinski definition) is 2. The molecule has 1 saturated carbocycles. The molecule has 1 aliphatic carbocycles. The van der Waals surface area contributed by atoms with Crippen LogP contribution in [0.4, 0.5) is 5.69 Å². The van der Waals surface area contributed by atoms with E-state index in [4.69, 9.17) is 4.74 Å². The van der Waals surface area contributed by atoms with Gasteiger partial charge in [-0.25, -0.2) is 8.42 Å². The summed E-state index contributed by atoms with van der Waals surface area (Å²) in [5.74, 6) is -0.0838. The molecule has 2 N–H and O–H groups in total. The molecular formula is C21H29N3O5S. The summed E-state index contributed by atoms with van der Waals surface area (Å²) in [4.78, 5) is 24.6. The number of carbonyl (C=O) groups is 2. The molecule has 0 spiro atoms. The van der Waals surface area contributed by atoms with Crippen LogP contribution in [0.2, 0.25) is 0 Å². The zero-order valence-corrected chi connectivity index (χ0v) is 17.9. The van der Waals surface area contributed by atoms with E-state index < -0.39 is 16.1 Å². The highest BCUT2D eigenvalue weighted by Crippen LogP contribution is 2.33. The van der Waals surface area contributed by atoms with Crippen molar-refractivity contribution >= 4 is 27.5 Å². The lowest BCUT2D eigenvalue weighted by atomic mass is 9.96. The molecular weight excluding hydrogens is 406 g/mol. The first-order chi connectivity index (χ1) is 14.4. The zero-order valence-electron chi connectivity index (χ0n) is 17.1. The van der Waals surface area contributed by atoms with Gasteiger partial charge in [-0.1, -0.05) is 32.1 Å². The maximum atomic E-state index is 13.3. The Labute approximate surface area is 177 Å². The van der Waals surface area contributed by atoms with Crippen molar-refractivity contribution < 1.29 is 22.7 Å². The van der Waals surface area contributed by atoms with E-state index >= 15 is 0 Å². The first-order valence-corrected chi connectivity index (χ1v) is 12.3. The van der Waals surface area contributed by atoms with Gasteiger partial charge in [-0.2, -0.15) is 4.31 Å². The second-order valence-electron chi connectivity index (χ2n) is 8.32. The van der Waals surface area contributed by atoms with Gasteiger partial charge in [0.2, 0.25) is 15.9 Å². The van der Waals surface area contributed by atoms with Gasteiger partial charge in [0.05, 0.1) is 10.6 Å². The first kappa shape index (κ1) is 21.1. The number of rotatable bonds is 4. The molecule has 1 aromatic carbocycles. The molecule has 0 unspecified atom stereocenters. The quantitative estimate of drug-likeness (QED) is 0.756. The molecule has 9 heteroatoms. The summed E-state index contributed by atoms with van der Waals surface area (Å²) >= 11 is 0. The number of ether oxygens (including phenoxy) is 1. The summed E-state index contributed by atoms with van der Waals surface area (Å²) in [6.45, 7) is 0.222. The number of amides is 2. The van der Waals surface area contributed by atoms with Crippen LogP contribution in [-0.2, 0) is 19.6 Å². The number of anilines is 1. The molecule has 2 aliphatic heterocycles. The van der Waals surface area contributed by atoms with Crippen molar-refractivity contribution in [3.05, 3.63) is 18.2 Å². The Bertz CT molecular complexity index is 909. The van der Waals surface area contributed by atoms with Gasteiger partial charge in [0, 0.05) is 12.6 Å². The van der Waals surface area contributed by atoms with E-state index in [1.807, 2.05) is 0 Å². The second-order valence-corrected chi connectivity index (χ2v) is 10.2. The lowest BCUT2D eigenvalue weighted by Gasteiger charge is -2.27. The number of sulfonamides is 1. The number of nitrogens with zero attached hydrogens (tertiary/aromatic N) is 1. The Morgan fingerprint density at radius 2 is 1.80 bits per heavy atom. The van der Waals surface area contributed by atoms with Crippen LogP contribution in [0.1, 0.15) is 57.8 Å². The summed E-state index contributed by atoms with van der Waals surface area (Å²) in [5, 5.41) is 5.75. The van der Waals surface area contributed by atoms with Crippen LogP contribution in [-0.4, -0.2) is 49.8 Å². The number of benzene rings is 1. The summed E-state index contributed by atoms with van der Waals surface area (Å²) in [5.41, 5.74) is 0.335. The molecule has 1 saturated heterocycles. The van der Waals surface area contributed by atoms with Gasteiger partial charge >= 0.3 is 0 Å². The highest BCUT2D eigenvalue weighted by atomic mass is 32.2. The average Bonchev–Trinajstić information content (AvgIpc) is 3.20. The summed E-state index contributed by atoms with van der Waals surface area (Å²) in [6, 6.07) is 3.85. The van der Waals surface area contributed by atoms with E-state index in [-0.39, 0.29) is 29.4 Å². The molecule has 4 rings (SSSR count). The Kier molecular flexibility index (Phi) is 6.29. The van der Waals surface area contributed by atoms with E-state index in [1.165, 1.54) is 35.7 Å². The van der Waals surface area contributed by atoms with Gasteiger partial charge in [0.25, 0.3) is 5.91 Å². The number of hydrogen-bond acceptors (Lipinski definition) is 5. The van der Waals surface area contributed by atoms with E-state index in [2.05, 4.69) is 10.6 Å². The van der Waals surface area contributed by atoms with Gasteiger partial charge in [0.15, 0.2) is 6.61 Å². The fourth-order valence-electron chi connectivity index (χ4n) is 4.55. The van der Waals surface area contributed by atoms with Crippen LogP contribution in [0, 0.1) is 0 Å². The minimum atomic E-state index is -3.87. The van der Waals surface area contributed by atoms with Gasteiger partial charge in [0.1, 0.15) is 11.8 Å². The third kappa shape index (κ3) is 4.46. The number of nitrogens with one attached hydrogen (secondary N) is 2. The molecule has 2 fully saturated rings. The highest BCUT2D eigenvalue weighted by Gasteiger charge is 2.40. The number of carbonyl (C=O) groups excluding carboxylic acids is 2. The highest BCUT2D eigenvalue weighted by molar-refractivity contribution is 7.89. The summed E-state index contributed by atoms with van der Waals surface area (Å²) < 4.78 is 33.2. The first-order valence-electron chi connectivity index (χ1n) is 10.8. The Morgan fingerprint density at radius 1 is 1.07 bits per heavy atom. The lowest BCUT2D eigenvalue weighted by Crippen LogP contribution is -2.48. The Hall–Kier alpha value is -2.13. The molecule has 1 atom stereocenters. The van der Waals surface area contributed by atoms with Crippen molar-refractivity contribution in [1.29, 1.82) is 0 Å². The SMILES string of the molecule is O=C1COc2ccc(S(=O)(=O)N3CCC[C@H]3C(=O)NC3CCCCCCC3)cc2N1. The standard InChI is InChI=1S/C21H29N3O5S/c25-20-14-29-19-11-10-16(13-17(19)23-20)30(27,28)24-12-6-9-18(24)21(26)22-15-7-4-2-1-3-5-8-15/h10-11,13,15,18H,1-9,12,14H2,(H,22,26)(H,23,25)/t18-/m0/s1. The molecule has 8 nitrogen and oxygen atoms in total. The largest absolute Gasteiger partial charge is 0.482 e. The van der Waals surface area contributed by atoms with Crippen LogP contribution >= 0.6 is 0 Å². The smallest absolute Gasteiger partial charge is 0.262 e. The van der Waals surface area contributed by atoms with Crippen molar-refractivity contribution in [1.82, 2.24) is 9.62 Å². The molecule has 3 aliphatic rings. The van der Waals surface area contributed by atoms with E-state index in [0.29, 0.717) is 30.8 Å². The van der Waals surface area contributed by atoms with Crippen molar-refractivity contribution in [3.63, 3.8) is 0 Å². The Balaban J connectivity index is 1.50. The fourth-order valence-corrected chi connectivity index (χ4v) is 6.23. The predicted molar refractivity (Wildman–Crippen MR) is 112 cm³/mol. The van der Waals surface area contributed by atoms with Crippen LogP contribution in [0.25, 0.3) is 0 Å². The second kappa shape index (κ2) is 8.93. The van der Waals surface area contributed by atoms with Crippen molar-refractivity contribution in [2.75, 3.05) is 18.5 Å². The molecule has 0 aromatic heterocycles. The minimum absolute atomic E-state index is 0.0534. The van der Waals surface area contributed by atoms with Crippen molar-refractivity contribution in [2.24, 2.45) is 0 Å². The van der Waals surface area contributed by atoms with Gasteiger partial charge < -0.3 is 15.4 Å². The van der Waals surface area contributed by atoms with Gasteiger partial charge in [-0.15, -0.1) is 0 Å². The lowest BCUT2D eigenvalue weighted by molar-refractivity contribution is -0.125.